The number of sulfonamides is 1. The number of nitriles is 1. The molecule has 1 aliphatic heterocycles. The molecule has 0 aromatic heterocycles. The fourth-order valence-electron chi connectivity index (χ4n) is 2.97. The van der Waals surface area contributed by atoms with E-state index in [9.17, 15) is 13.2 Å². The van der Waals surface area contributed by atoms with E-state index in [1.807, 2.05) is 19.9 Å². The molecule has 1 amide bonds. The van der Waals surface area contributed by atoms with Crippen molar-refractivity contribution < 1.29 is 13.2 Å². The topological polar surface area (TPSA) is 81.5 Å². The minimum atomic E-state index is -3.71. The number of carbonyl (C=O) groups excluding carboxylic acids is 1. The first-order valence-corrected chi connectivity index (χ1v) is 9.67. The highest BCUT2D eigenvalue weighted by Gasteiger charge is 2.32. The number of amides is 1. The number of hydrogen-bond acceptors (Lipinski definition) is 4. The lowest BCUT2D eigenvalue weighted by Gasteiger charge is -2.35. The van der Waals surface area contributed by atoms with E-state index in [-0.39, 0.29) is 35.4 Å². The van der Waals surface area contributed by atoms with E-state index in [1.54, 1.807) is 17.0 Å². The predicted molar refractivity (Wildman–Crippen MR) is 90.6 cm³/mol. The van der Waals surface area contributed by atoms with Gasteiger partial charge in [0, 0.05) is 32.1 Å². The van der Waals surface area contributed by atoms with E-state index in [4.69, 9.17) is 5.26 Å². The maximum absolute atomic E-state index is 12.8. The van der Waals surface area contributed by atoms with Crippen LogP contribution in [0.4, 0.5) is 0 Å². The molecule has 0 radical (unpaired) electrons. The quantitative estimate of drug-likeness (QED) is 0.812. The molecule has 0 unspecified atom stereocenters. The van der Waals surface area contributed by atoms with Gasteiger partial charge in [0.15, 0.2) is 0 Å². The molecular formula is C17H23N3O3S. The summed E-state index contributed by atoms with van der Waals surface area (Å²) in [6.07, 6.45) is 1.59. The molecule has 1 fully saturated rings. The van der Waals surface area contributed by atoms with Crippen LogP contribution >= 0.6 is 0 Å². The second kappa shape index (κ2) is 7.77. The third kappa shape index (κ3) is 3.60. The molecule has 0 N–H and O–H groups in total. The third-order valence-electron chi connectivity index (χ3n) is 4.51. The van der Waals surface area contributed by atoms with Crippen molar-refractivity contribution in [1.82, 2.24) is 9.21 Å². The van der Waals surface area contributed by atoms with Crippen molar-refractivity contribution >= 4 is 15.9 Å². The zero-order valence-electron chi connectivity index (χ0n) is 14.1. The largest absolute Gasteiger partial charge is 0.340 e. The number of rotatable bonds is 5. The SMILES string of the molecule is CCC(CC)C(=O)N1CCN(S(=O)(=O)c2ccccc2C#N)CC1. The van der Waals surface area contributed by atoms with Crippen LogP contribution in [0.5, 0.6) is 0 Å². The highest BCUT2D eigenvalue weighted by Crippen LogP contribution is 2.22. The normalized spacial score (nSPS) is 16.2. The number of carbonyl (C=O) groups is 1. The molecule has 1 aliphatic rings. The molecule has 0 aliphatic carbocycles. The van der Waals surface area contributed by atoms with Crippen LogP contribution in [0.2, 0.25) is 0 Å². The van der Waals surface area contributed by atoms with Crippen LogP contribution in [0, 0.1) is 17.2 Å². The third-order valence-corrected chi connectivity index (χ3v) is 6.47. The lowest BCUT2D eigenvalue weighted by atomic mass is 10.0. The van der Waals surface area contributed by atoms with Gasteiger partial charge in [0.2, 0.25) is 15.9 Å². The number of benzene rings is 1. The van der Waals surface area contributed by atoms with Gasteiger partial charge in [-0.1, -0.05) is 26.0 Å². The van der Waals surface area contributed by atoms with Crippen molar-refractivity contribution in [3.8, 4) is 6.07 Å². The zero-order chi connectivity index (χ0) is 17.7. The Balaban J connectivity index is 2.12. The van der Waals surface area contributed by atoms with Gasteiger partial charge in [0.1, 0.15) is 6.07 Å². The number of hydrogen-bond donors (Lipinski definition) is 0. The second-order valence-electron chi connectivity index (χ2n) is 5.85. The fraction of sp³-hybridized carbons (Fsp3) is 0.529. The smallest absolute Gasteiger partial charge is 0.244 e. The standard InChI is InChI=1S/C17H23N3O3S/c1-3-14(4-2)17(21)19-9-11-20(12-10-19)24(22,23)16-8-6-5-7-15(16)13-18/h5-8,14H,3-4,9-12H2,1-2H3. The summed E-state index contributed by atoms with van der Waals surface area (Å²) in [6.45, 7) is 5.28. The lowest BCUT2D eigenvalue weighted by molar-refractivity contribution is -0.136. The van der Waals surface area contributed by atoms with Crippen molar-refractivity contribution in [3.63, 3.8) is 0 Å². The molecule has 0 spiro atoms. The van der Waals surface area contributed by atoms with E-state index in [2.05, 4.69) is 0 Å². The average molecular weight is 349 g/mol. The molecule has 24 heavy (non-hydrogen) atoms. The Bertz CT molecular complexity index is 728. The van der Waals surface area contributed by atoms with Crippen molar-refractivity contribution in [2.75, 3.05) is 26.2 Å². The molecule has 1 aromatic rings. The van der Waals surface area contributed by atoms with Crippen molar-refractivity contribution in [2.24, 2.45) is 5.92 Å². The number of piperazine rings is 1. The Morgan fingerprint density at radius 3 is 2.29 bits per heavy atom. The van der Waals surface area contributed by atoms with Gasteiger partial charge in [0.05, 0.1) is 10.5 Å². The van der Waals surface area contributed by atoms with Gasteiger partial charge in [-0.15, -0.1) is 0 Å². The molecule has 1 heterocycles. The van der Waals surface area contributed by atoms with Crippen LogP contribution in [0.1, 0.15) is 32.3 Å². The van der Waals surface area contributed by atoms with Crippen molar-refractivity contribution in [3.05, 3.63) is 29.8 Å². The highest BCUT2D eigenvalue weighted by molar-refractivity contribution is 7.89. The van der Waals surface area contributed by atoms with Gasteiger partial charge < -0.3 is 4.90 Å². The van der Waals surface area contributed by atoms with E-state index in [0.717, 1.165) is 12.8 Å². The summed E-state index contributed by atoms with van der Waals surface area (Å²) >= 11 is 0. The van der Waals surface area contributed by atoms with Gasteiger partial charge >= 0.3 is 0 Å². The molecular weight excluding hydrogens is 326 g/mol. The van der Waals surface area contributed by atoms with E-state index in [1.165, 1.54) is 16.4 Å². The highest BCUT2D eigenvalue weighted by atomic mass is 32.2. The van der Waals surface area contributed by atoms with Crippen LogP contribution in [-0.4, -0.2) is 49.7 Å². The first-order valence-electron chi connectivity index (χ1n) is 8.23. The molecule has 1 saturated heterocycles. The zero-order valence-corrected chi connectivity index (χ0v) is 14.9. The Kier molecular flexibility index (Phi) is 5.97. The van der Waals surface area contributed by atoms with Gasteiger partial charge in [-0.2, -0.15) is 9.57 Å². The molecule has 130 valence electrons. The van der Waals surface area contributed by atoms with Crippen LogP contribution in [-0.2, 0) is 14.8 Å². The van der Waals surface area contributed by atoms with E-state index >= 15 is 0 Å². The van der Waals surface area contributed by atoms with Gasteiger partial charge in [0.25, 0.3) is 0 Å². The van der Waals surface area contributed by atoms with Crippen LogP contribution in [0.25, 0.3) is 0 Å². The van der Waals surface area contributed by atoms with Crippen LogP contribution < -0.4 is 0 Å². The predicted octanol–water partition coefficient (Wildman–Crippen LogP) is 1.83. The van der Waals surface area contributed by atoms with Crippen LogP contribution in [0.15, 0.2) is 29.2 Å². The molecule has 6 nitrogen and oxygen atoms in total. The first-order chi connectivity index (χ1) is 11.5. The monoisotopic (exact) mass is 349 g/mol. The summed E-state index contributed by atoms with van der Waals surface area (Å²) in [5, 5.41) is 9.12. The van der Waals surface area contributed by atoms with E-state index in [0.29, 0.717) is 13.1 Å². The van der Waals surface area contributed by atoms with E-state index < -0.39 is 10.0 Å². The minimum absolute atomic E-state index is 0.00692. The van der Waals surface area contributed by atoms with Crippen LogP contribution in [0.3, 0.4) is 0 Å². The van der Waals surface area contributed by atoms with Crippen molar-refractivity contribution in [2.45, 2.75) is 31.6 Å². The lowest BCUT2D eigenvalue weighted by Crippen LogP contribution is -2.51. The Morgan fingerprint density at radius 2 is 1.75 bits per heavy atom. The molecule has 0 saturated carbocycles. The fourth-order valence-corrected chi connectivity index (χ4v) is 4.53. The van der Waals surface area contributed by atoms with Gasteiger partial charge in [-0.25, -0.2) is 8.42 Å². The summed E-state index contributed by atoms with van der Waals surface area (Å²) in [7, 11) is -3.71. The molecule has 0 bridgehead atoms. The second-order valence-corrected chi connectivity index (χ2v) is 7.76. The summed E-state index contributed by atoms with van der Waals surface area (Å²) in [5.41, 5.74) is 0.146. The average Bonchev–Trinajstić information content (AvgIpc) is 2.62. The van der Waals surface area contributed by atoms with Gasteiger partial charge in [-0.3, -0.25) is 4.79 Å². The molecule has 1 aromatic carbocycles. The maximum atomic E-state index is 12.8. The Morgan fingerprint density at radius 1 is 1.17 bits per heavy atom. The maximum Gasteiger partial charge on any atom is 0.244 e. The number of nitrogens with zero attached hydrogens (tertiary/aromatic N) is 3. The molecule has 2 rings (SSSR count). The summed E-state index contributed by atoms with van der Waals surface area (Å²) < 4.78 is 26.9. The first kappa shape index (κ1) is 18.4. The van der Waals surface area contributed by atoms with Gasteiger partial charge in [-0.05, 0) is 25.0 Å². The molecule has 7 heteroatoms. The van der Waals surface area contributed by atoms with Crippen molar-refractivity contribution in [1.29, 1.82) is 5.26 Å². The summed E-state index contributed by atoms with van der Waals surface area (Å²) in [5.74, 6) is 0.113. The Hall–Kier alpha value is -1.91. The minimum Gasteiger partial charge on any atom is -0.340 e. The molecule has 0 atom stereocenters. The summed E-state index contributed by atoms with van der Waals surface area (Å²) in [4.78, 5) is 14.2. The Labute approximate surface area is 143 Å². The summed E-state index contributed by atoms with van der Waals surface area (Å²) in [6, 6.07) is 8.14.